The van der Waals surface area contributed by atoms with E-state index in [1.807, 2.05) is 6.92 Å². The summed E-state index contributed by atoms with van der Waals surface area (Å²) in [5, 5.41) is 0. The lowest BCUT2D eigenvalue weighted by Gasteiger charge is -2.41. The first-order chi connectivity index (χ1) is 22.5. The van der Waals surface area contributed by atoms with Crippen LogP contribution in [-0.2, 0) is 74.9 Å². The fourth-order valence-electron chi connectivity index (χ4n) is 4.33. The molecule has 0 rings (SSSR count). The molecule has 0 bridgehead atoms. The van der Waals surface area contributed by atoms with Gasteiger partial charge in [-0.1, -0.05) is 0 Å². The first kappa shape index (κ1) is 47.6. The van der Waals surface area contributed by atoms with Gasteiger partial charge in [-0.05, 0) is 83.1 Å². The number of methoxy groups -OCH3 is 4. The Morgan fingerprint density at radius 1 is 0.396 bits per heavy atom. The molecule has 0 amide bonds. The molecule has 12 unspecified atom stereocenters. The highest BCUT2D eigenvalue weighted by Crippen LogP contribution is 2.29. The third kappa shape index (κ3) is 21.1. The van der Waals surface area contributed by atoms with E-state index >= 15 is 0 Å². The molecular weight excluding hydrogens is 656 g/mol. The second-order valence-electron chi connectivity index (χ2n) is 10.7. The Bertz CT molecular complexity index is 703. The van der Waals surface area contributed by atoms with Crippen LogP contribution in [0, 0.1) is 0 Å². The fraction of sp³-hybridized carbons (Fsp3) is 1.00. The summed E-state index contributed by atoms with van der Waals surface area (Å²) < 4.78 is 94.3. The van der Waals surface area contributed by atoms with Gasteiger partial charge in [0.1, 0.15) is 5.73 Å². The van der Waals surface area contributed by atoms with E-state index in [1.165, 1.54) is 21.3 Å². The molecule has 0 aliphatic carbocycles. The second kappa shape index (κ2) is 26.4. The van der Waals surface area contributed by atoms with Crippen molar-refractivity contribution in [3.05, 3.63) is 0 Å². The highest BCUT2D eigenvalue weighted by Gasteiger charge is 2.56. The van der Waals surface area contributed by atoms with Crippen LogP contribution in [0.1, 0.15) is 89.5 Å². The number of hydrogen-bond acceptors (Lipinski definition) is 16. The van der Waals surface area contributed by atoms with Gasteiger partial charge in [0.25, 0.3) is 0 Å². The van der Waals surface area contributed by atoms with Gasteiger partial charge in [-0.25, -0.2) is 0 Å². The lowest BCUT2D eigenvalue weighted by atomic mass is 10.5. The van der Waals surface area contributed by atoms with Gasteiger partial charge >= 0.3 is 8.80 Å². The molecular formula is C31H66O16Si. The van der Waals surface area contributed by atoms with E-state index in [2.05, 4.69) is 0 Å². The molecule has 17 heteroatoms. The van der Waals surface area contributed by atoms with Gasteiger partial charge in [-0.3, -0.25) is 0 Å². The normalized spacial score (nSPS) is 21.2. The topological polar surface area (TPSA) is 148 Å². The summed E-state index contributed by atoms with van der Waals surface area (Å²) >= 11 is 0. The first-order valence-corrected chi connectivity index (χ1v) is 18.3. The van der Waals surface area contributed by atoms with Crippen molar-refractivity contribution in [2.75, 3.05) is 41.7 Å². The molecule has 16 nitrogen and oxygen atoms in total. The molecule has 0 heterocycles. The summed E-state index contributed by atoms with van der Waals surface area (Å²) in [6, 6.07) is 0. The zero-order chi connectivity index (χ0) is 36.9. The monoisotopic (exact) mass is 722 g/mol. The van der Waals surface area contributed by atoms with Crippen LogP contribution < -0.4 is 0 Å². The number of rotatable bonds is 31. The van der Waals surface area contributed by atoms with E-state index in [4.69, 9.17) is 74.9 Å². The average molecular weight is 723 g/mol. The average Bonchev–Trinajstić information content (AvgIpc) is 2.98. The van der Waals surface area contributed by atoms with Crippen molar-refractivity contribution in [2.45, 2.75) is 164 Å². The highest BCUT2D eigenvalue weighted by atomic mass is 28.4. The molecule has 290 valence electrons. The predicted molar refractivity (Wildman–Crippen MR) is 175 cm³/mol. The van der Waals surface area contributed by atoms with E-state index in [9.17, 15) is 0 Å². The molecule has 0 aromatic rings. The number of hydrogen-bond donors (Lipinski definition) is 0. The maximum atomic E-state index is 6.64. The van der Waals surface area contributed by atoms with Gasteiger partial charge in [0.15, 0.2) is 69.2 Å². The van der Waals surface area contributed by atoms with E-state index < -0.39 is 83.7 Å². The lowest BCUT2D eigenvalue weighted by Crippen LogP contribution is -2.63. The molecule has 0 saturated heterocycles. The molecule has 0 aliphatic rings. The summed E-state index contributed by atoms with van der Waals surface area (Å²) in [6.45, 7) is 21.5. The predicted octanol–water partition coefficient (Wildman–Crippen LogP) is 4.83. The maximum Gasteiger partial charge on any atom is 0.537 e. The molecule has 12 atom stereocenters. The van der Waals surface area contributed by atoms with Crippen LogP contribution in [0.25, 0.3) is 0 Å². The molecule has 0 spiro atoms. The molecule has 0 aromatic carbocycles. The standard InChI is InChI=1S/C31H66O16Si/c1-17-36-23(5)40-27(9)44-31(18-19-32-13)48(45-28(10)41-24(6)37-20(2)33-14,46-29(11)42-25(7)38-21(3)34-15)47-30(12)43-26(8)39-22(4)35-16/h20-31H,17-19H2,1-16H3. The third-order valence-electron chi connectivity index (χ3n) is 6.41. The van der Waals surface area contributed by atoms with E-state index in [1.54, 1.807) is 83.3 Å². The zero-order valence-electron chi connectivity index (χ0n) is 32.1. The molecule has 48 heavy (non-hydrogen) atoms. The van der Waals surface area contributed by atoms with Crippen LogP contribution >= 0.6 is 0 Å². The Hall–Kier alpha value is -0.423. The SMILES string of the molecule is CCOC(C)OC(C)OC(CCOC)[Si](OC(C)OC(C)OC(C)OC)(OC(C)OC(C)OC(C)OC)OC(C)OC(C)OC(C)OC. The van der Waals surface area contributed by atoms with Crippen LogP contribution in [0.15, 0.2) is 0 Å². The Balaban J connectivity index is 6.78. The van der Waals surface area contributed by atoms with E-state index in [-0.39, 0.29) is 13.0 Å². The van der Waals surface area contributed by atoms with Crippen molar-refractivity contribution in [1.29, 1.82) is 0 Å². The van der Waals surface area contributed by atoms with Crippen LogP contribution in [0.3, 0.4) is 0 Å². The lowest BCUT2D eigenvalue weighted by molar-refractivity contribution is -0.300. The quantitative estimate of drug-likeness (QED) is 0.0710. The maximum absolute atomic E-state index is 6.64. The van der Waals surface area contributed by atoms with Crippen molar-refractivity contribution < 1.29 is 74.9 Å². The summed E-state index contributed by atoms with van der Waals surface area (Å²) in [5.74, 6) is 0. The van der Waals surface area contributed by atoms with Gasteiger partial charge in [-0.15, -0.1) is 0 Å². The summed E-state index contributed by atoms with van der Waals surface area (Å²) in [6.07, 6.45) is -7.72. The summed E-state index contributed by atoms with van der Waals surface area (Å²) in [4.78, 5) is 0. The third-order valence-corrected chi connectivity index (χ3v) is 9.60. The second-order valence-corrected chi connectivity index (χ2v) is 13.3. The van der Waals surface area contributed by atoms with Gasteiger partial charge < -0.3 is 74.9 Å². The largest absolute Gasteiger partial charge is 0.537 e. The van der Waals surface area contributed by atoms with Crippen molar-refractivity contribution in [3.8, 4) is 0 Å². The van der Waals surface area contributed by atoms with Gasteiger partial charge in [0.2, 0.25) is 0 Å². The van der Waals surface area contributed by atoms with Gasteiger partial charge in [-0.2, -0.15) is 0 Å². The molecule has 0 N–H and O–H groups in total. The Labute approximate surface area is 289 Å². The van der Waals surface area contributed by atoms with Crippen LogP contribution in [0.4, 0.5) is 0 Å². The van der Waals surface area contributed by atoms with Crippen molar-refractivity contribution in [3.63, 3.8) is 0 Å². The molecule has 0 fully saturated rings. The molecule has 0 aromatic heterocycles. The van der Waals surface area contributed by atoms with E-state index in [0.717, 1.165) is 0 Å². The first-order valence-electron chi connectivity index (χ1n) is 16.5. The van der Waals surface area contributed by atoms with Crippen LogP contribution in [0.5, 0.6) is 0 Å². The Morgan fingerprint density at radius 3 is 1.02 bits per heavy atom. The fourth-order valence-corrected chi connectivity index (χ4v) is 7.34. The van der Waals surface area contributed by atoms with Crippen LogP contribution in [-0.4, -0.2) is 125 Å². The Morgan fingerprint density at radius 2 is 0.708 bits per heavy atom. The Kier molecular flexibility index (Phi) is 26.1. The minimum Gasteiger partial charge on any atom is -0.385 e. The van der Waals surface area contributed by atoms with Gasteiger partial charge in [0, 0.05) is 48.1 Å². The molecule has 0 saturated carbocycles. The number of ether oxygens (including phenoxy) is 13. The smallest absolute Gasteiger partial charge is 0.385 e. The summed E-state index contributed by atoms with van der Waals surface area (Å²) in [7, 11) is 1.98. The highest BCUT2D eigenvalue weighted by molar-refractivity contribution is 6.62. The van der Waals surface area contributed by atoms with E-state index in [0.29, 0.717) is 6.61 Å². The van der Waals surface area contributed by atoms with Gasteiger partial charge in [0.05, 0.1) is 0 Å². The minimum atomic E-state index is -4.19. The van der Waals surface area contributed by atoms with Crippen LogP contribution in [0.2, 0.25) is 0 Å². The molecule has 0 radical (unpaired) electrons. The van der Waals surface area contributed by atoms with Crippen molar-refractivity contribution in [2.24, 2.45) is 0 Å². The zero-order valence-corrected chi connectivity index (χ0v) is 33.1. The van der Waals surface area contributed by atoms with Crippen molar-refractivity contribution in [1.82, 2.24) is 0 Å². The molecule has 0 aliphatic heterocycles. The van der Waals surface area contributed by atoms with Crippen molar-refractivity contribution >= 4 is 8.80 Å². The minimum absolute atomic E-state index is 0.254. The summed E-state index contributed by atoms with van der Waals surface area (Å²) in [5.41, 5.74) is -0.901.